The molecule has 3 saturated carbocycles. The summed E-state index contributed by atoms with van der Waals surface area (Å²) in [6.07, 6.45) is 8.41. The number of hydrogen-bond donors (Lipinski definition) is 1. The number of carbonyl (C=O) groups excluding carboxylic acids is 2. The van der Waals surface area contributed by atoms with E-state index in [1.54, 1.807) is 6.07 Å². The van der Waals surface area contributed by atoms with Gasteiger partial charge in [-0.3, -0.25) is 4.79 Å². The second kappa shape index (κ2) is 8.02. The average Bonchev–Trinajstić information content (AvgIpc) is 3.11. The summed E-state index contributed by atoms with van der Waals surface area (Å²) in [5.74, 6) is 1.82. The van der Waals surface area contributed by atoms with Gasteiger partial charge in [0, 0.05) is 11.8 Å². The molecule has 184 valence electrons. The Bertz CT molecular complexity index is 1170. The number of ether oxygens (including phenoxy) is 1. The molecular formula is C27H35NO5S. The third kappa shape index (κ3) is 3.67. The summed E-state index contributed by atoms with van der Waals surface area (Å²) < 4.78 is 29.5. The Morgan fingerprint density at radius 2 is 1.88 bits per heavy atom. The molecule has 7 heteroatoms. The van der Waals surface area contributed by atoms with Crippen LogP contribution in [0.2, 0.25) is 0 Å². The van der Waals surface area contributed by atoms with Crippen molar-refractivity contribution in [3.8, 4) is 0 Å². The van der Waals surface area contributed by atoms with Crippen LogP contribution < -0.4 is 5.14 Å². The highest BCUT2D eigenvalue weighted by Crippen LogP contribution is 2.66. The summed E-state index contributed by atoms with van der Waals surface area (Å²) in [5.41, 5.74) is 1.59. The molecule has 1 aromatic rings. The Hall–Kier alpha value is -1.99. The molecule has 0 aliphatic heterocycles. The minimum atomic E-state index is -3.89. The first kappa shape index (κ1) is 23.7. The topological polar surface area (TPSA) is 104 Å². The first-order valence-corrected chi connectivity index (χ1v) is 14.1. The van der Waals surface area contributed by atoms with Crippen molar-refractivity contribution in [3.05, 3.63) is 41.5 Å². The normalized spacial score (nSPS) is 39.5. The van der Waals surface area contributed by atoms with Gasteiger partial charge in [0.1, 0.15) is 6.10 Å². The van der Waals surface area contributed by atoms with Crippen LogP contribution in [0.25, 0.3) is 0 Å². The van der Waals surface area contributed by atoms with Crippen molar-refractivity contribution in [3.63, 3.8) is 0 Å². The van der Waals surface area contributed by atoms with Crippen LogP contribution in [-0.2, 0) is 19.6 Å². The fraction of sp³-hybridized carbons (Fsp3) is 0.630. The Labute approximate surface area is 202 Å². The molecule has 2 N–H and O–H groups in total. The maximum absolute atomic E-state index is 13.0. The van der Waals surface area contributed by atoms with Crippen LogP contribution >= 0.6 is 0 Å². The largest absolute Gasteiger partial charge is 0.458 e. The number of rotatable bonds is 3. The lowest BCUT2D eigenvalue weighted by molar-refractivity contribution is -0.118. The van der Waals surface area contributed by atoms with Crippen molar-refractivity contribution in [1.82, 2.24) is 0 Å². The molecule has 0 heterocycles. The summed E-state index contributed by atoms with van der Waals surface area (Å²) in [6.45, 7) is 6.93. The molecule has 6 nitrogen and oxygen atoms in total. The SMILES string of the molecule is C[C@H]1CC2C(CC[C@@]3(C)C2CC[C@@H]3OC(=O)c2cccc(S(N)(=O)=O)c2)[C@@]2(C)CCC(=O)C=C12. The van der Waals surface area contributed by atoms with E-state index in [0.29, 0.717) is 30.1 Å². The van der Waals surface area contributed by atoms with E-state index in [1.165, 1.54) is 23.8 Å². The van der Waals surface area contributed by atoms with Crippen LogP contribution in [0, 0.1) is 34.5 Å². The predicted molar refractivity (Wildman–Crippen MR) is 128 cm³/mol. The van der Waals surface area contributed by atoms with Gasteiger partial charge in [-0.05, 0) is 91.9 Å². The van der Waals surface area contributed by atoms with Gasteiger partial charge in [-0.2, -0.15) is 0 Å². The number of primary sulfonamides is 1. The van der Waals surface area contributed by atoms with Gasteiger partial charge in [-0.15, -0.1) is 0 Å². The van der Waals surface area contributed by atoms with E-state index in [1.807, 2.05) is 6.08 Å². The summed E-state index contributed by atoms with van der Waals surface area (Å²) >= 11 is 0. The minimum absolute atomic E-state index is 0.0859. The molecule has 0 aromatic heterocycles. The Kier molecular flexibility index (Phi) is 5.60. The van der Waals surface area contributed by atoms with Gasteiger partial charge < -0.3 is 4.74 Å². The van der Waals surface area contributed by atoms with E-state index in [2.05, 4.69) is 20.8 Å². The third-order valence-corrected chi connectivity index (χ3v) is 10.8. The summed E-state index contributed by atoms with van der Waals surface area (Å²) in [4.78, 5) is 25.1. The molecule has 4 aliphatic rings. The maximum Gasteiger partial charge on any atom is 0.338 e. The molecule has 4 aliphatic carbocycles. The van der Waals surface area contributed by atoms with Gasteiger partial charge >= 0.3 is 5.97 Å². The molecule has 5 rings (SSSR count). The number of allylic oxidation sites excluding steroid dienone is 1. The zero-order valence-corrected chi connectivity index (χ0v) is 21.1. The standard InChI is InChI=1S/C27H35NO5S/c1-16-13-20-21-7-8-24(33-25(30)17-5-4-6-19(14-17)34(28,31)32)27(21,3)12-10-22(20)26(2)11-9-18(29)15-23(16)26/h4-6,14-16,20-22,24H,7-13H2,1-3H3,(H2,28,31,32)/t16-,20?,21?,22?,24-,26+,27-/m0/s1. The molecule has 0 amide bonds. The third-order valence-electron chi connectivity index (χ3n) is 9.84. The van der Waals surface area contributed by atoms with Crippen LogP contribution in [0.15, 0.2) is 40.8 Å². The molecule has 7 atom stereocenters. The van der Waals surface area contributed by atoms with Crippen molar-refractivity contribution >= 4 is 21.8 Å². The molecule has 3 fully saturated rings. The first-order chi connectivity index (χ1) is 15.9. The number of hydrogen-bond acceptors (Lipinski definition) is 5. The van der Waals surface area contributed by atoms with E-state index in [-0.39, 0.29) is 33.2 Å². The maximum atomic E-state index is 13.0. The van der Waals surface area contributed by atoms with Gasteiger partial charge in [-0.25, -0.2) is 18.4 Å². The van der Waals surface area contributed by atoms with E-state index in [4.69, 9.17) is 9.88 Å². The second-order valence-corrected chi connectivity index (χ2v) is 13.1. The zero-order valence-electron chi connectivity index (χ0n) is 20.3. The van der Waals surface area contributed by atoms with Gasteiger partial charge in [0.2, 0.25) is 10.0 Å². The first-order valence-electron chi connectivity index (χ1n) is 12.5. The molecule has 0 bridgehead atoms. The lowest BCUT2D eigenvalue weighted by atomic mass is 9.45. The average molecular weight is 486 g/mol. The van der Waals surface area contributed by atoms with Crippen molar-refractivity contribution in [2.24, 2.45) is 39.6 Å². The van der Waals surface area contributed by atoms with Gasteiger partial charge in [0.15, 0.2) is 5.78 Å². The second-order valence-electron chi connectivity index (χ2n) is 11.6. The highest BCUT2D eigenvalue weighted by atomic mass is 32.2. The van der Waals surface area contributed by atoms with Crippen LogP contribution in [0.4, 0.5) is 0 Å². The van der Waals surface area contributed by atoms with E-state index in [0.717, 1.165) is 38.5 Å². The van der Waals surface area contributed by atoms with Crippen molar-refractivity contribution in [2.75, 3.05) is 0 Å². The van der Waals surface area contributed by atoms with Crippen LogP contribution in [-0.4, -0.2) is 26.3 Å². The fourth-order valence-electron chi connectivity index (χ4n) is 8.13. The molecule has 0 spiro atoms. The van der Waals surface area contributed by atoms with Crippen molar-refractivity contribution < 1.29 is 22.7 Å². The Morgan fingerprint density at radius 3 is 2.62 bits per heavy atom. The fourth-order valence-corrected chi connectivity index (χ4v) is 8.69. The number of sulfonamides is 1. The molecule has 34 heavy (non-hydrogen) atoms. The minimum Gasteiger partial charge on any atom is -0.458 e. The molecule has 3 unspecified atom stereocenters. The lowest BCUT2D eigenvalue weighted by Crippen LogP contribution is -2.53. The van der Waals surface area contributed by atoms with E-state index in [9.17, 15) is 18.0 Å². The smallest absolute Gasteiger partial charge is 0.338 e. The van der Waals surface area contributed by atoms with Crippen molar-refractivity contribution in [1.29, 1.82) is 0 Å². The lowest BCUT2D eigenvalue weighted by Gasteiger charge is -2.59. The molecular weight excluding hydrogens is 450 g/mol. The predicted octanol–water partition coefficient (Wildman–Crippen LogP) is 4.64. The molecule has 0 radical (unpaired) electrons. The molecule has 1 aromatic carbocycles. The quantitative estimate of drug-likeness (QED) is 0.628. The van der Waals surface area contributed by atoms with E-state index < -0.39 is 16.0 Å². The molecule has 0 saturated heterocycles. The van der Waals surface area contributed by atoms with Crippen LogP contribution in [0.5, 0.6) is 0 Å². The number of nitrogens with two attached hydrogens (primary N) is 1. The highest BCUT2D eigenvalue weighted by Gasteiger charge is 2.61. The summed E-state index contributed by atoms with van der Waals surface area (Å²) in [5, 5.41) is 5.23. The number of benzene rings is 1. The number of ketones is 1. The number of esters is 1. The zero-order chi connectivity index (χ0) is 24.5. The Morgan fingerprint density at radius 1 is 1.12 bits per heavy atom. The number of fused-ring (bicyclic) bond motifs is 5. The van der Waals surface area contributed by atoms with E-state index >= 15 is 0 Å². The monoisotopic (exact) mass is 485 g/mol. The number of carbonyl (C=O) groups is 2. The Balaban J connectivity index is 1.37. The van der Waals surface area contributed by atoms with Gasteiger partial charge in [0.05, 0.1) is 10.5 Å². The van der Waals surface area contributed by atoms with Gasteiger partial charge in [-0.1, -0.05) is 32.4 Å². The van der Waals surface area contributed by atoms with Crippen LogP contribution in [0.3, 0.4) is 0 Å². The summed E-state index contributed by atoms with van der Waals surface area (Å²) in [6, 6.07) is 5.77. The highest BCUT2D eigenvalue weighted by molar-refractivity contribution is 7.89. The van der Waals surface area contributed by atoms with Gasteiger partial charge in [0.25, 0.3) is 0 Å². The summed E-state index contributed by atoms with van der Waals surface area (Å²) in [7, 11) is -3.89. The van der Waals surface area contributed by atoms with Crippen molar-refractivity contribution in [2.45, 2.75) is 76.7 Å². The van der Waals surface area contributed by atoms with Crippen LogP contribution in [0.1, 0.15) is 76.1 Å².